The average Bonchev–Trinajstić information content (AvgIpc) is 2.15. The van der Waals surface area contributed by atoms with Gasteiger partial charge in [0.15, 0.2) is 0 Å². The van der Waals surface area contributed by atoms with E-state index in [0.717, 1.165) is 5.56 Å². The van der Waals surface area contributed by atoms with Gasteiger partial charge in [0.1, 0.15) is 19.0 Å². The molecule has 0 saturated heterocycles. The van der Waals surface area contributed by atoms with E-state index in [1.807, 2.05) is 0 Å². The molecular weight excluding hydrogens is 294 g/mol. The third-order valence-corrected chi connectivity index (χ3v) is 2.66. The van der Waals surface area contributed by atoms with Crippen molar-refractivity contribution in [3.63, 3.8) is 0 Å². The molecule has 0 fully saturated rings. The summed E-state index contributed by atoms with van der Waals surface area (Å²) < 4.78 is 17.1. The summed E-state index contributed by atoms with van der Waals surface area (Å²) in [6, 6.07) is 3.30. The molecule has 0 amide bonds. The van der Waals surface area contributed by atoms with E-state index in [2.05, 4.69) is 15.9 Å². The lowest BCUT2D eigenvalue weighted by molar-refractivity contribution is 0.272. The topological polar surface area (TPSA) is 9.23 Å². The minimum atomic E-state index is -0.541. The van der Waals surface area contributed by atoms with Crippen molar-refractivity contribution in [2.75, 3.05) is 13.3 Å². The number of rotatable bonds is 4. The highest BCUT2D eigenvalue weighted by molar-refractivity contribution is 9.08. The Balaban J connectivity index is 2.99. The summed E-state index contributed by atoms with van der Waals surface area (Å²) in [6.45, 7) is -0.540. The van der Waals surface area contributed by atoms with Crippen molar-refractivity contribution in [2.24, 2.45) is 0 Å². The third-order valence-electron chi connectivity index (χ3n) is 1.55. The first-order valence-corrected chi connectivity index (χ1v) is 5.79. The van der Waals surface area contributed by atoms with Crippen LogP contribution in [0.4, 0.5) is 4.39 Å². The van der Waals surface area contributed by atoms with Gasteiger partial charge in [-0.05, 0) is 12.1 Å². The molecule has 0 aromatic heterocycles. The van der Waals surface area contributed by atoms with E-state index < -0.39 is 6.67 Å². The van der Waals surface area contributed by atoms with Crippen LogP contribution in [0.3, 0.4) is 0 Å². The van der Waals surface area contributed by atoms with Crippen molar-refractivity contribution < 1.29 is 9.13 Å². The molecule has 0 aliphatic heterocycles. The smallest absolute Gasteiger partial charge is 0.142 e. The van der Waals surface area contributed by atoms with E-state index >= 15 is 0 Å². The second-order valence-corrected chi connectivity index (χ2v) is 3.95. The molecule has 14 heavy (non-hydrogen) atoms. The molecule has 0 spiro atoms. The third kappa shape index (κ3) is 3.01. The molecule has 0 atom stereocenters. The zero-order chi connectivity index (χ0) is 10.6. The molecule has 78 valence electrons. The van der Waals surface area contributed by atoms with Crippen LogP contribution in [0.5, 0.6) is 5.75 Å². The predicted octanol–water partition coefficient (Wildman–Crippen LogP) is 4.24. The summed E-state index contributed by atoms with van der Waals surface area (Å²) in [5.74, 6) is 0.491. The van der Waals surface area contributed by atoms with Gasteiger partial charge in [0.25, 0.3) is 0 Å². The zero-order valence-corrected chi connectivity index (χ0v) is 10.3. The Morgan fingerprint density at radius 2 is 2.07 bits per heavy atom. The van der Waals surface area contributed by atoms with Crippen molar-refractivity contribution in [3.8, 4) is 5.75 Å². The fraction of sp³-hybridized carbons (Fsp3) is 0.333. The van der Waals surface area contributed by atoms with Gasteiger partial charge in [0, 0.05) is 15.9 Å². The maximum Gasteiger partial charge on any atom is 0.142 e. The first-order chi connectivity index (χ1) is 6.69. The average molecular weight is 302 g/mol. The quantitative estimate of drug-likeness (QED) is 0.756. The normalized spacial score (nSPS) is 10.3. The van der Waals surface area contributed by atoms with Crippen LogP contribution in [-0.4, -0.2) is 13.3 Å². The van der Waals surface area contributed by atoms with Crippen molar-refractivity contribution in [3.05, 3.63) is 27.7 Å². The lowest BCUT2D eigenvalue weighted by atomic mass is 10.2. The van der Waals surface area contributed by atoms with E-state index in [-0.39, 0.29) is 6.61 Å². The van der Waals surface area contributed by atoms with Crippen LogP contribution in [0, 0.1) is 0 Å². The molecule has 0 saturated carbocycles. The number of alkyl halides is 2. The van der Waals surface area contributed by atoms with Gasteiger partial charge in [-0.2, -0.15) is 0 Å². The van der Waals surface area contributed by atoms with Crippen molar-refractivity contribution in [1.29, 1.82) is 0 Å². The van der Waals surface area contributed by atoms with Crippen molar-refractivity contribution in [1.82, 2.24) is 0 Å². The molecule has 5 heteroatoms. The molecule has 1 aromatic rings. The highest BCUT2D eigenvalue weighted by atomic mass is 79.9. The van der Waals surface area contributed by atoms with Crippen LogP contribution < -0.4 is 4.74 Å². The minimum Gasteiger partial charge on any atom is -0.489 e. The van der Waals surface area contributed by atoms with Gasteiger partial charge in [-0.1, -0.05) is 39.1 Å². The second-order valence-electron chi connectivity index (χ2n) is 2.55. The first kappa shape index (κ1) is 12.1. The standard InChI is InChI=1S/C9H8BrCl2FO/c10-5-6-3-7(11)4-8(12)9(6)14-2-1-13/h3-4H,1-2,5H2. The van der Waals surface area contributed by atoms with E-state index in [1.54, 1.807) is 12.1 Å². The first-order valence-electron chi connectivity index (χ1n) is 3.91. The largest absolute Gasteiger partial charge is 0.489 e. The zero-order valence-electron chi connectivity index (χ0n) is 7.20. The Bertz CT molecular complexity index is 320. The molecule has 0 unspecified atom stereocenters. The lowest BCUT2D eigenvalue weighted by Gasteiger charge is -2.10. The van der Waals surface area contributed by atoms with Gasteiger partial charge >= 0.3 is 0 Å². The number of hydrogen-bond donors (Lipinski definition) is 0. The molecule has 0 N–H and O–H groups in total. The van der Waals surface area contributed by atoms with Gasteiger partial charge in [-0.25, -0.2) is 4.39 Å². The minimum absolute atomic E-state index is 0.00134. The summed E-state index contributed by atoms with van der Waals surface area (Å²) in [5, 5.41) is 1.51. The Morgan fingerprint density at radius 1 is 1.36 bits per heavy atom. The SMILES string of the molecule is FCCOc1c(Cl)cc(Cl)cc1CBr. The molecular formula is C9H8BrCl2FO. The van der Waals surface area contributed by atoms with Crippen LogP contribution in [0.2, 0.25) is 10.0 Å². The molecule has 0 heterocycles. The molecule has 0 aliphatic rings. The number of benzene rings is 1. The highest BCUT2D eigenvalue weighted by Gasteiger charge is 2.09. The Morgan fingerprint density at radius 3 is 2.64 bits per heavy atom. The van der Waals surface area contributed by atoms with Crippen LogP contribution >= 0.6 is 39.1 Å². The highest BCUT2D eigenvalue weighted by Crippen LogP contribution is 2.33. The fourth-order valence-corrected chi connectivity index (χ4v) is 2.02. The van der Waals surface area contributed by atoms with Gasteiger partial charge in [0.2, 0.25) is 0 Å². The van der Waals surface area contributed by atoms with E-state index in [4.69, 9.17) is 27.9 Å². The number of hydrogen-bond acceptors (Lipinski definition) is 1. The second kappa shape index (κ2) is 5.79. The van der Waals surface area contributed by atoms with Gasteiger partial charge in [-0.15, -0.1) is 0 Å². The Kier molecular flexibility index (Phi) is 4.99. The van der Waals surface area contributed by atoms with Crippen LogP contribution in [-0.2, 0) is 5.33 Å². The summed E-state index contributed by atoms with van der Waals surface area (Å²) in [6.07, 6.45) is 0. The molecule has 0 aliphatic carbocycles. The molecule has 1 nitrogen and oxygen atoms in total. The molecule has 0 radical (unpaired) electrons. The van der Waals surface area contributed by atoms with Crippen LogP contribution in [0.1, 0.15) is 5.56 Å². The number of ether oxygens (including phenoxy) is 1. The van der Waals surface area contributed by atoms with Gasteiger partial charge in [0.05, 0.1) is 5.02 Å². The number of halogens is 4. The summed E-state index contributed by atoms with van der Waals surface area (Å²) in [5.41, 5.74) is 0.816. The molecule has 1 aromatic carbocycles. The summed E-state index contributed by atoms with van der Waals surface area (Å²) >= 11 is 15.0. The molecule has 0 bridgehead atoms. The predicted molar refractivity (Wildman–Crippen MR) is 60.6 cm³/mol. The lowest BCUT2D eigenvalue weighted by Crippen LogP contribution is -2.01. The maximum atomic E-state index is 11.9. The van der Waals surface area contributed by atoms with E-state index in [9.17, 15) is 4.39 Å². The Labute approximate surface area is 100 Å². The van der Waals surface area contributed by atoms with Gasteiger partial charge in [-0.3, -0.25) is 0 Å². The van der Waals surface area contributed by atoms with Crippen LogP contribution in [0.25, 0.3) is 0 Å². The van der Waals surface area contributed by atoms with Crippen LogP contribution in [0.15, 0.2) is 12.1 Å². The summed E-state index contributed by atoms with van der Waals surface area (Å²) in [7, 11) is 0. The monoisotopic (exact) mass is 300 g/mol. The fourth-order valence-electron chi connectivity index (χ4n) is 1.02. The van der Waals surface area contributed by atoms with Crippen molar-refractivity contribution >= 4 is 39.1 Å². The maximum absolute atomic E-state index is 11.9. The Hall–Kier alpha value is 0.01000. The van der Waals surface area contributed by atoms with E-state index in [0.29, 0.717) is 21.1 Å². The summed E-state index contributed by atoms with van der Waals surface area (Å²) in [4.78, 5) is 0. The van der Waals surface area contributed by atoms with E-state index in [1.165, 1.54) is 0 Å². The molecule has 1 rings (SSSR count). The van der Waals surface area contributed by atoms with Crippen molar-refractivity contribution in [2.45, 2.75) is 5.33 Å². The van der Waals surface area contributed by atoms with Gasteiger partial charge < -0.3 is 4.74 Å².